The second kappa shape index (κ2) is 5.06. The van der Waals surface area contributed by atoms with Crippen molar-refractivity contribution in [3.63, 3.8) is 0 Å². The van der Waals surface area contributed by atoms with E-state index >= 15 is 0 Å². The van der Waals surface area contributed by atoms with Crippen LogP contribution in [0, 0.1) is 5.92 Å². The third-order valence-corrected chi connectivity index (χ3v) is 4.65. The fraction of sp³-hybridized carbons (Fsp3) is 0.500. The maximum absolute atomic E-state index is 11.9. The lowest BCUT2D eigenvalue weighted by atomic mass is 10.1. The summed E-state index contributed by atoms with van der Waals surface area (Å²) in [7, 11) is -1.40. The third kappa shape index (κ3) is 3.44. The molecule has 0 unspecified atom stereocenters. The van der Waals surface area contributed by atoms with Gasteiger partial charge in [-0.3, -0.25) is 0 Å². The molecule has 94 valence electrons. The molecule has 1 aliphatic heterocycles. The zero-order valence-corrected chi connectivity index (χ0v) is 10.7. The molecule has 0 radical (unpaired) electrons. The lowest BCUT2D eigenvalue weighted by molar-refractivity contribution is 0.378. The van der Waals surface area contributed by atoms with Crippen LogP contribution in [0.3, 0.4) is 0 Å². The number of sulfone groups is 1. The molecule has 0 atom stereocenters. The zero-order valence-electron chi connectivity index (χ0n) is 9.85. The Balaban J connectivity index is 1.98. The average molecular weight is 255 g/mol. The van der Waals surface area contributed by atoms with Crippen LogP contribution in [0.5, 0.6) is 5.75 Å². The average Bonchev–Trinajstić information content (AvgIpc) is 2.24. The van der Waals surface area contributed by atoms with Gasteiger partial charge in [-0.1, -0.05) is 12.1 Å². The van der Waals surface area contributed by atoms with E-state index in [1.165, 1.54) is 0 Å². The lowest BCUT2D eigenvalue weighted by Crippen LogP contribution is -2.45. The molecule has 5 heteroatoms. The number of hydrogen-bond donors (Lipinski definition) is 1. The van der Waals surface area contributed by atoms with Crippen LogP contribution in [0.4, 0.5) is 0 Å². The van der Waals surface area contributed by atoms with Crippen molar-refractivity contribution in [1.29, 1.82) is 0 Å². The highest BCUT2D eigenvalue weighted by atomic mass is 32.2. The van der Waals surface area contributed by atoms with Crippen molar-refractivity contribution in [1.82, 2.24) is 5.32 Å². The Hall–Kier alpha value is -1.07. The van der Waals surface area contributed by atoms with Crippen LogP contribution in [-0.4, -0.2) is 34.4 Å². The normalized spacial score (nSPS) is 16.5. The molecule has 1 saturated heterocycles. The van der Waals surface area contributed by atoms with Crippen molar-refractivity contribution in [2.24, 2.45) is 5.92 Å². The predicted octanol–water partition coefficient (Wildman–Crippen LogP) is 0.829. The summed E-state index contributed by atoms with van der Waals surface area (Å²) in [5, 5.41) is 3.08. The van der Waals surface area contributed by atoms with Gasteiger partial charge in [0.15, 0.2) is 9.84 Å². The van der Waals surface area contributed by atoms with Gasteiger partial charge >= 0.3 is 0 Å². The minimum atomic E-state index is -3.00. The van der Waals surface area contributed by atoms with Gasteiger partial charge in [-0.05, 0) is 23.6 Å². The van der Waals surface area contributed by atoms with Gasteiger partial charge in [-0.2, -0.15) is 0 Å². The molecule has 0 aliphatic carbocycles. The summed E-state index contributed by atoms with van der Waals surface area (Å²) in [5.41, 5.74) is 0.818. The highest BCUT2D eigenvalue weighted by Crippen LogP contribution is 2.16. The van der Waals surface area contributed by atoms with Crippen LogP contribution in [0.25, 0.3) is 0 Å². The SMILES string of the molecule is COc1ccc(CS(=O)(=O)CC2CNC2)cc1. The molecule has 0 amide bonds. The van der Waals surface area contributed by atoms with E-state index in [0.29, 0.717) is 5.92 Å². The van der Waals surface area contributed by atoms with Crippen molar-refractivity contribution in [3.8, 4) is 5.75 Å². The predicted molar refractivity (Wildman–Crippen MR) is 66.8 cm³/mol. The molecule has 1 aromatic carbocycles. The second-order valence-electron chi connectivity index (χ2n) is 4.43. The van der Waals surface area contributed by atoms with Gasteiger partial charge < -0.3 is 10.1 Å². The summed E-state index contributed by atoms with van der Waals surface area (Å²) in [5.74, 6) is 1.44. The van der Waals surface area contributed by atoms with Crippen molar-refractivity contribution in [3.05, 3.63) is 29.8 Å². The summed E-state index contributed by atoms with van der Waals surface area (Å²) in [6.45, 7) is 1.64. The number of nitrogens with one attached hydrogen (secondary N) is 1. The Morgan fingerprint density at radius 2 is 1.94 bits per heavy atom. The van der Waals surface area contributed by atoms with Crippen LogP contribution < -0.4 is 10.1 Å². The first-order chi connectivity index (χ1) is 8.09. The van der Waals surface area contributed by atoms with Gasteiger partial charge in [0.05, 0.1) is 18.6 Å². The first-order valence-electron chi connectivity index (χ1n) is 5.63. The molecule has 0 bridgehead atoms. The summed E-state index contributed by atoms with van der Waals surface area (Å²) < 4.78 is 28.8. The standard InChI is InChI=1S/C12H17NO3S/c1-16-12-4-2-10(3-5-12)8-17(14,15)9-11-6-13-7-11/h2-5,11,13H,6-9H2,1H3. The molecular weight excluding hydrogens is 238 g/mol. The molecule has 1 aromatic rings. The number of hydrogen-bond acceptors (Lipinski definition) is 4. The molecule has 1 heterocycles. The van der Waals surface area contributed by atoms with Crippen molar-refractivity contribution in [2.45, 2.75) is 5.75 Å². The minimum Gasteiger partial charge on any atom is -0.497 e. The molecule has 0 spiro atoms. The van der Waals surface area contributed by atoms with E-state index in [4.69, 9.17) is 4.74 Å². The van der Waals surface area contributed by atoms with Gasteiger partial charge in [0.2, 0.25) is 0 Å². The van der Waals surface area contributed by atoms with Crippen LogP contribution >= 0.6 is 0 Å². The summed E-state index contributed by atoms with van der Waals surface area (Å²) in [4.78, 5) is 0. The topological polar surface area (TPSA) is 55.4 Å². The van der Waals surface area contributed by atoms with Gasteiger partial charge in [-0.15, -0.1) is 0 Å². The Kier molecular flexibility index (Phi) is 3.69. The van der Waals surface area contributed by atoms with E-state index in [0.717, 1.165) is 24.4 Å². The molecule has 0 aromatic heterocycles. The Morgan fingerprint density at radius 3 is 2.41 bits per heavy atom. The maximum atomic E-state index is 11.9. The number of ether oxygens (including phenoxy) is 1. The molecular formula is C12H17NO3S. The van der Waals surface area contributed by atoms with Crippen LogP contribution in [0.1, 0.15) is 5.56 Å². The van der Waals surface area contributed by atoms with Gasteiger partial charge in [-0.25, -0.2) is 8.42 Å². The summed E-state index contributed by atoms with van der Waals surface area (Å²) in [6, 6.07) is 7.18. The van der Waals surface area contributed by atoms with E-state index in [9.17, 15) is 8.42 Å². The van der Waals surface area contributed by atoms with Crippen LogP contribution in [-0.2, 0) is 15.6 Å². The third-order valence-electron chi connectivity index (χ3n) is 2.90. The van der Waals surface area contributed by atoms with E-state index in [-0.39, 0.29) is 11.5 Å². The number of methoxy groups -OCH3 is 1. The van der Waals surface area contributed by atoms with Crippen molar-refractivity contribution >= 4 is 9.84 Å². The largest absolute Gasteiger partial charge is 0.497 e. The summed E-state index contributed by atoms with van der Waals surface area (Å²) >= 11 is 0. The number of rotatable bonds is 5. The summed E-state index contributed by atoms with van der Waals surface area (Å²) in [6.07, 6.45) is 0. The van der Waals surface area contributed by atoms with E-state index < -0.39 is 9.84 Å². The van der Waals surface area contributed by atoms with Gasteiger partial charge in [0.25, 0.3) is 0 Å². The highest BCUT2D eigenvalue weighted by molar-refractivity contribution is 7.90. The molecule has 1 aliphatic rings. The highest BCUT2D eigenvalue weighted by Gasteiger charge is 2.24. The van der Waals surface area contributed by atoms with Crippen molar-refractivity contribution in [2.75, 3.05) is 26.0 Å². The molecule has 17 heavy (non-hydrogen) atoms. The molecule has 1 fully saturated rings. The zero-order chi connectivity index (χ0) is 12.3. The molecule has 4 nitrogen and oxygen atoms in total. The van der Waals surface area contributed by atoms with E-state index in [1.54, 1.807) is 31.4 Å². The molecule has 2 rings (SSSR count). The van der Waals surface area contributed by atoms with Crippen molar-refractivity contribution < 1.29 is 13.2 Å². The Labute approximate surface area is 102 Å². The van der Waals surface area contributed by atoms with E-state index in [2.05, 4.69) is 5.32 Å². The van der Waals surface area contributed by atoms with Gasteiger partial charge in [0.1, 0.15) is 5.75 Å². The minimum absolute atomic E-state index is 0.119. The van der Waals surface area contributed by atoms with Crippen LogP contribution in [0.2, 0.25) is 0 Å². The smallest absolute Gasteiger partial charge is 0.154 e. The molecule has 0 saturated carbocycles. The first kappa shape index (κ1) is 12.4. The lowest BCUT2D eigenvalue weighted by Gasteiger charge is -2.26. The fourth-order valence-electron chi connectivity index (χ4n) is 1.86. The van der Waals surface area contributed by atoms with Gasteiger partial charge in [0, 0.05) is 13.1 Å². The quantitative estimate of drug-likeness (QED) is 0.846. The monoisotopic (exact) mass is 255 g/mol. The fourth-order valence-corrected chi connectivity index (χ4v) is 3.63. The Bertz CT molecular complexity index is 463. The number of benzene rings is 1. The first-order valence-corrected chi connectivity index (χ1v) is 7.45. The molecule has 1 N–H and O–H groups in total. The maximum Gasteiger partial charge on any atom is 0.154 e. The second-order valence-corrected chi connectivity index (χ2v) is 6.54. The van der Waals surface area contributed by atoms with Crippen LogP contribution in [0.15, 0.2) is 24.3 Å². The Morgan fingerprint density at radius 1 is 1.29 bits per heavy atom. The van der Waals surface area contributed by atoms with E-state index in [1.807, 2.05) is 0 Å².